The quantitative estimate of drug-likeness (QED) is 0.297. The molecule has 0 spiro atoms. The molecule has 2 heterocycles. The van der Waals surface area contributed by atoms with Crippen LogP contribution in [0.15, 0.2) is 71.6 Å². The van der Waals surface area contributed by atoms with Gasteiger partial charge in [0.1, 0.15) is 11.3 Å². The summed E-state index contributed by atoms with van der Waals surface area (Å²) in [5.74, 6) is -1.99. The van der Waals surface area contributed by atoms with Crippen LogP contribution in [0.1, 0.15) is 28.8 Å². The Balaban J connectivity index is 1.44. The molecule has 38 heavy (non-hydrogen) atoms. The number of fused-ring (bicyclic) bond motifs is 1. The van der Waals surface area contributed by atoms with Crippen molar-refractivity contribution >= 4 is 42.6 Å². The Labute approximate surface area is 223 Å². The number of ether oxygens (including phenoxy) is 1. The van der Waals surface area contributed by atoms with E-state index in [0.717, 1.165) is 35.8 Å². The van der Waals surface area contributed by atoms with E-state index in [1.807, 2.05) is 30.3 Å². The Morgan fingerprint density at radius 1 is 1.11 bits per heavy atom. The maximum atomic E-state index is 14.4. The zero-order chi connectivity index (χ0) is 26.9. The highest BCUT2D eigenvalue weighted by Crippen LogP contribution is 2.33. The van der Waals surface area contributed by atoms with Crippen molar-refractivity contribution < 1.29 is 26.7 Å². The van der Waals surface area contributed by atoms with Crippen LogP contribution in [-0.4, -0.2) is 49.9 Å². The number of hydrogen-bond acceptors (Lipinski definition) is 6. The summed E-state index contributed by atoms with van der Waals surface area (Å²) in [6, 6.07) is 16.8. The van der Waals surface area contributed by atoms with Gasteiger partial charge in [-0.1, -0.05) is 41.7 Å². The maximum absolute atomic E-state index is 14.4. The molecule has 1 aromatic heterocycles. The van der Waals surface area contributed by atoms with Crippen LogP contribution < -0.4 is 4.90 Å². The van der Waals surface area contributed by atoms with Gasteiger partial charge in [-0.25, -0.2) is 22.2 Å². The number of likely N-dealkylation sites (N-methyl/N-ethyl adjacent to an activating group) is 1. The molecular weight excluding hydrogens is 532 g/mol. The van der Waals surface area contributed by atoms with Crippen molar-refractivity contribution in [2.45, 2.75) is 30.4 Å². The fourth-order valence-corrected chi connectivity index (χ4v) is 6.54. The van der Waals surface area contributed by atoms with Crippen LogP contribution in [0.5, 0.6) is 0 Å². The van der Waals surface area contributed by atoms with E-state index in [2.05, 4.69) is 4.98 Å². The van der Waals surface area contributed by atoms with Crippen molar-refractivity contribution in [3.63, 3.8) is 0 Å². The zero-order valence-electron chi connectivity index (χ0n) is 20.5. The molecule has 1 amide bonds. The summed E-state index contributed by atoms with van der Waals surface area (Å²) in [4.78, 5) is 19.4. The monoisotopic (exact) mass is 557 g/mol. The molecule has 3 aromatic carbocycles. The van der Waals surface area contributed by atoms with Gasteiger partial charge < -0.3 is 4.74 Å². The number of carbonyl (C=O) groups is 1. The number of nitrogens with zero attached hydrogens (tertiary/aromatic N) is 3. The highest BCUT2D eigenvalue weighted by molar-refractivity contribution is 7.89. The summed E-state index contributed by atoms with van der Waals surface area (Å²) in [7, 11) is -2.27. The third kappa shape index (κ3) is 5.46. The van der Waals surface area contributed by atoms with Gasteiger partial charge in [0.2, 0.25) is 10.0 Å². The molecule has 1 saturated heterocycles. The molecule has 1 unspecified atom stereocenters. The number of halogens is 2. The van der Waals surface area contributed by atoms with E-state index >= 15 is 0 Å². The number of anilines is 1. The molecule has 7 nitrogen and oxygen atoms in total. The summed E-state index contributed by atoms with van der Waals surface area (Å²) in [5.41, 5.74) is 1.02. The van der Waals surface area contributed by atoms with Gasteiger partial charge in [-0.05, 0) is 48.7 Å². The largest absolute Gasteiger partial charge is 0.377 e. The lowest BCUT2D eigenvalue weighted by atomic mass is 10.1. The van der Waals surface area contributed by atoms with Crippen LogP contribution in [-0.2, 0) is 21.3 Å². The summed E-state index contributed by atoms with van der Waals surface area (Å²) < 4.78 is 61.3. The molecular formula is C27H25F2N3O4S2. The molecule has 1 aliphatic rings. The lowest BCUT2D eigenvalue weighted by molar-refractivity contribution is 0.0978. The first-order valence-corrected chi connectivity index (χ1v) is 14.3. The molecule has 198 valence electrons. The van der Waals surface area contributed by atoms with Gasteiger partial charge >= 0.3 is 0 Å². The normalized spacial score (nSPS) is 15.8. The Kier molecular flexibility index (Phi) is 7.53. The number of sulfonamides is 1. The molecule has 11 heteroatoms. The van der Waals surface area contributed by atoms with E-state index < -0.39 is 27.6 Å². The van der Waals surface area contributed by atoms with E-state index in [-0.39, 0.29) is 45.0 Å². The highest BCUT2D eigenvalue weighted by atomic mass is 32.2. The van der Waals surface area contributed by atoms with Gasteiger partial charge in [0.25, 0.3) is 5.91 Å². The molecule has 0 radical (unpaired) electrons. The van der Waals surface area contributed by atoms with Gasteiger partial charge in [-0.3, -0.25) is 9.69 Å². The smallest absolute Gasteiger partial charge is 0.260 e. The predicted octanol–water partition coefficient (Wildman–Crippen LogP) is 5.22. The Morgan fingerprint density at radius 3 is 2.53 bits per heavy atom. The maximum Gasteiger partial charge on any atom is 0.260 e. The molecule has 0 aliphatic carbocycles. The second kappa shape index (κ2) is 10.9. The fraction of sp³-hybridized carbons (Fsp3) is 0.259. The van der Waals surface area contributed by atoms with Gasteiger partial charge in [-0.2, -0.15) is 4.31 Å². The third-order valence-corrected chi connectivity index (χ3v) is 9.22. The van der Waals surface area contributed by atoms with E-state index in [1.165, 1.54) is 46.6 Å². The fourth-order valence-electron chi connectivity index (χ4n) is 4.33. The summed E-state index contributed by atoms with van der Waals surface area (Å²) in [6.07, 6.45) is 1.59. The molecule has 0 N–H and O–H groups in total. The number of rotatable bonds is 8. The van der Waals surface area contributed by atoms with E-state index in [1.54, 1.807) is 0 Å². The van der Waals surface area contributed by atoms with Crippen LogP contribution in [0.25, 0.3) is 10.2 Å². The summed E-state index contributed by atoms with van der Waals surface area (Å²) >= 11 is 1.00. The number of carbonyl (C=O) groups excluding carboxylic acids is 1. The molecule has 1 atom stereocenters. The third-order valence-electron chi connectivity index (χ3n) is 6.36. The molecule has 5 rings (SSSR count). The SMILES string of the molecule is CN(CC1CCCO1)S(=O)(=O)c1ccc(C(=O)N(Cc2ccccc2)c2nc3c(F)cc(F)cc3s2)cc1. The van der Waals surface area contributed by atoms with Crippen molar-refractivity contribution in [3.05, 3.63) is 89.5 Å². The minimum absolute atomic E-state index is 0.0204. The zero-order valence-corrected chi connectivity index (χ0v) is 22.1. The van der Waals surface area contributed by atoms with Crippen molar-refractivity contribution in [1.82, 2.24) is 9.29 Å². The van der Waals surface area contributed by atoms with Crippen molar-refractivity contribution in [1.29, 1.82) is 0 Å². The second-order valence-corrected chi connectivity index (χ2v) is 12.1. The average molecular weight is 558 g/mol. The lowest BCUT2D eigenvalue weighted by Crippen LogP contribution is -2.34. The minimum atomic E-state index is -3.78. The van der Waals surface area contributed by atoms with Crippen molar-refractivity contribution in [2.75, 3.05) is 25.1 Å². The van der Waals surface area contributed by atoms with E-state index in [0.29, 0.717) is 6.61 Å². The molecule has 4 aromatic rings. The Bertz CT molecular complexity index is 1550. The first-order chi connectivity index (χ1) is 18.2. The van der Waals surface area contributed by atoms with Crippen LogP contribution >= 0.6 is 11.3 Å². The number of hydrogen-bond donors (Lipinski definition) is 0. The summed E-state index contributed by atoms with van der Waals surface area (Å²) in [5, 5.41) is 0.200. The van der Waals surface area contributed by atoms with Crippen LogP contribution in [0.2, 0.25) is 0 Å². The van der Waals surface area contributed by atoms with E-state index in [4.69, 9.17) is 4.74 Å². The van der Waals surface area contributed by atoms with Gasteiger partial charge in [0.05, 0.1) is 22.2 Å². The van der Waals surface area contributed by atoms with Crippen LogP contribution in [0, 0.1) is 11.6 Å². The molecule has 1 aliphatic heterocycles. The van der Waals surface area contributed by atoms with Gasteiger partial charge in [-0.15, -0.1) is 0 Å². The van der Waals surface area contributed by atoms with Crippen LogP contribution in [0.3, 0.4) is 0 Å². The minimum Gasteiger partial charge on any atom is -0.377 e. The number of aromatic nitrogens is 1. The lowest BCUT2D eigenvalue weighted by Gasteiger charge is -2.22. The van der Waals surface area contributed by atoms with Crippen LogP contribution in [0.4, 0.5) is 13.9 Å². The number of benzene rings is 3. The van der Waals surface area contributed by atoms with Crippen molar-refractivity contribution in [3.8, 4) is 0 Å². The number of thiazole rings is 1. The van der Waals surface area contributed by atoms with Gasteiger partial charge in [0, 0.05) is 31.8 Å². The van der Waals surface area contributed by atoms with Gasteiger partial charge in [0.15, 0.2) is 10.9 Å². The molecule has 0 bridgehead atoms. The molecule has 1 fully saturated rings. The standard InChI is InChI=1S/C27H25F2N3O4S2/c1-31(17-21-8-5-13-36-21)38(34,35)22-11-9-19(10-12-22)26(33)32(16-18-6-3-2-4-7-18)27-30-25-23(29)14-20(28)15-24(25)37-27/h2-4,6-7,9-12,14-15,21H,5,8,13,16-17H2,1H3. The Hall–Kier alpha value is -3.25. The number of amides is 1. The Morgan fingerprint density at radius 2 is 1.84 bits per heavy atom. The average Bonchev–Trinajstić information content (AvgIpc) is 3.57. The highest BCUT2D eigenvalue weighted by Gasteiger charge is 2.27. The second-order valence-electron chi connectivity index (χ2n) is 9.05. The summed E-state index contributed by atoms with van der Waals surface area (Å²) in [6.45, 7) is 1.02. The predicted molar refractivity (Wildman–Crippen MR) is 142 cm³/mol. The first-order valence-electron chi connectivity index (χ1n) is 12.0. The van der Waals surface area contributed by atoms with Crippen molar-refractivity contribution in [2.24, 2.45) is 0 Å². The first kappa shape index (κ1) is 26.4. The topological polar surface area (TPSA) is 79.8 Å². The molecule has 0 saturated carbocycles. The van der Waals surface area contributed by atoms with E-state index in [9.17, 15) is 22.0 Å².